The van der Waals surface area contributed by atoms with Gasteiger partial charge >= 0.3 is 0 Å². The van der Waals surface area contributed by atoms with Crippen molar-refractivity contribution < 1.29 is 4.79 Å². The molecule has 4 rings (SSSR count). The van der Waals surface area contributed by atoms with Gasteiger partial charge in [0.25, 0.3) is 5.91 Å². The quantitative estimate of drug-likeness (QED) is 0.813. The van der Waals surface area contributed by atoms with E-state index < -0.39 is 0 Å². The van der Waals surface area contributed by atoms with E-state index in [2.05, 4.69) is 20.5 Å². The third kappa shape index (κ3) is 5.34. The van der Waals surface area contributed by atoms with Gasteiger partial charge in [-0.3, -0.25) is 9.69 Å². The van der Waals surface area contributed by atoms with Gasteiger partial charge in [-0.05, 0) is 45.2 Å². The number of nitrogens with one attached hydrogen (secondary N) is 1. The highest BCUT2D eigenvalue weighted by Crippen LogP contribution is 2.24. The molecule has 1 aromatic heterocycles. The van der Waals surface area contributed by atoms with E-state index in [1.807, 2.05) is 15.8 Å². The summed E-state index contributed by atoms with van der Waals surface area (Å²) in [6, 6.07) is 1.12. The lowest BCUT2D eigenvalue weighted by Gasteiger charge is -2.27. The van der Waals surface area contributed by atoms with Gasteiger partial charge in [0.1, 0.15) is 0 Å². The van der Waals surface area contributed by atoms with Gasteiger partial charge in [-0.25, -0.2) is 4.68 Å². The minimum absolute atomic E-state index is 0. The van der Waals surface area contributed by atoms with Crippen molar-refractivity contribution in [2.45, 2.75) is 57.0 Å². The molecule has 2 aliphatic heterocycles. The predicted octanol–water partition coefficient (Wildman–Crippen LogP) is 2.14. The Morgan fingerprint density at radius 2 is 1.67 bits per heavy atom. The summed E-state index contributed by atoms with van der Waals surface area (Å²) in [5.41, 5.74) is 0.507. The highest BCUT2D eigenvalue weighted by Gasteiger charge is 2.28. The van der Waals surface area contributed by atoms with Crippen LogP contribution in [0.15, 0.2) is 6.20 Å². The molecule has 1 aliphatic carbocycles. The summed E-state index contributed by atoms with van der Waals surface area (Å²) >= 11 is 0. The summed E-state index contributed by atoms with van der Waals surface area (Å²) in [5, 5.41) is 11.8. The van der Waals surface area contributed by atoms with Crippen LogP contribution in [-0.2, 0) is 0 Å². The molecule has 3 heterocycles. The lowest BCUT2D eigenvalue weighted by Crippen LogP contribution is -2.38. The van der Waals surface area contributed by atoms with E-state index in [4.69, 9.17) is 0 Å². The number of hydrogen-bond donors (Lipinski definition) is 1. The highest BCUT2D eigenvalue weighted by atomic mass is 35.5. The molecule has 3 fully saturated rings. The summed E-state index contributed by atoms with van der Waals surface area (Å²) in [4.78, 5) is 17.4. The van der Waals surface area contributed by atoms with Crippen LogP contribution < -0.4 is 5.32 Å². The fourth-order valence-corrected chi connectivity index (χ4v) is 4.56. The van der Waals surface area contributed by atoms with E-state index in [1.54, 1.807) is 0 Å². The normalized spacial score (nSPS) is 22.7. The first-order valence-electron chi connectivity index (χ1n) is 9.97. The van der Waals surface area contributed by atoms with Gasteiger partial charge < -0.3 is 10.2 Å². The van der Waals surface area contributed by atoms with Crippen LogP contribution in [-0.4, -0.2) is 76.0 Å². The van der Waals surface area contributed by atoms with E-state index in [0.717, 1.165) is 64.6 Å². The smallest absolute Gasteiger partial charge is 0.276 e. The van der Waals surface area contributed by atoms with Crippen LogP contribution in [0.25, 0.3) is 0 Å². The third-order valence-electron chi connectivity index (χ3n) is 6.07. The maximum absolute atomic E-state index is 12.9. The highest BCUT2D eigenvalue weighted by molar-refractivity contribution is 5.92. The molecule has 1 N–H and O–H groups in total. The van der Waals surface area contributed by atoms with Gasteiger partial charge in [0.2, 0.25) is 0 Å². The average Bonchev–Trinajstić information content (AvgIpc) is 3.30. The first-order valence-corrected chi connectivity index (χ1v) is 9.97. The second-order valence-corrected chi connectivity index (χ2v) is 7.68. The Bertz CT molecular complexity index is 586. The topological polar surface area (TPSA) is 66.3 Å². The second-order valence-electron chi connectivity index (χ2n) is 7.68. The molecule has 1 amide bonds. The summed E-state index contributed by atoms with van der Waals surface area (Å²) in [5.74, 6) is 0.0495. The SMILES string of the molecule is Cl.Cl.O=C(c1cn(C2CCNCC2)nn1)N1CCCN(C2CCCC2)CC1. The molecular formula is C18H32Cl2N6O. The molecule has 0 atom stereocenters. The molecule has 3 aliphatic rings. The number of nitrogens with zero attached hydrogens (tertiary/aromatic N) is 5. The van der Waals surface area contributed by atoms with Crippen LogP contribution in [0.2, 0.25) is 0 Å². The molecule has 1 aromatic rings. The Labute approximate surface area is 174 Å². The number of aromatic nitrogens is 3. The molecule has 0 radical (unpaired) electrons. The van der Waals surface area contributed by atoms with Crippen LogP contribution in [0.1, 0.15) is 61.5 Å². The number of amides is 1. The molecule has 2 saturated heterocycles. The van der Waals surface area contributed by atoms with Gasteiger partial charge in [0, 0.05) is 32.2 Å². The average molecular weight is 419 g/mol. The molecule has 1 saturated carbocycles. The molecular weight excluding hydrogens is 387 g/mol. The van der Waals surface area contributed by atoms with Crippen molar-refractivity contribution in [1.82, 2.24) is 30.1 Å². The Hall–Kier alpha value is -0.890. The molecule has 7 nitrogen and oxygen atoms in total. The lowest BCUT2D eigenvalue weighted by atomic mass is 10.1. The van der Waals surface area contributed by atoms with E-state index in [0.29, 0.717) is 11.7 Å². The van der Waals surface area contributed by atoms with Gasteiger partial charge in [-0.1, -0.05) is 18.1 Å². The fraction of sp³-hybridized carbons (Fsp3) is 0.833. The lowest BCUT2D eigenvalue weighted by molar-refractivity contribution is 0.0752. The van der Waals surface area contributed by atoms with Gasteiger partial charge in [0.05, 0.1) is 12.2 Å². The molecule has 27 heavy (non-hydrogen) atoms. The van der Waals surface area contributed by atoms with Crippen molar-refractivity contribution in [2.75, 3.05) is 39.3 Å². The van der Waals surface area contributed by atoms with Crippen molar-refractivity contribution in [1.29, 1.82) is 0 Å². The Morgan fingerprint density at radius 1 is 0.926 bits per heavy atom. The van der Waals surface area contributed by atoms with E-state index in [9.17, 15) is 4.79 Å². The van der Waals surface area contributed by atoms with E-state index >= 15 is 0 Å². The zero-order chi connectivity index (χ0) is 17.1. The molecule has 0 bridgehead atoms. The first kappa shape index (κ1) is 22.4. The summed E-state index contributed by atoms with van der Waals surface area (Å²) in [6.45, 7) is 5.79. The molecule has 0 spiro atoms. The van der Waals surface area contributed by atoms with Crippen molar-refractivity contribution in [3.63, 3.8) is 0 Å². The molecule has 0 unspecified atom stereocenters. The number of rotatable bonds is 3. The van der Waals surface area contributed by atoms with Crippen molar-refractivity contribution in [3.05, 3.63) is 11.9 Å². The van der Waals surface area contributed by atoms with Crippen LogP contribution >= 0.6 is 24.8 Å². The summed E-state index contributed by atoms with van der Waals surface area (Å²) < 4.78 is 1.90. The first-order chi connectivity index (χ1) is 12.3. The minimum atomic E-state index is 0. The maximum atomic E-state index is 12.9. The predicted molar refractivity (Wildman–Crippen MR) is 110 cm³/mol. The summed E-state index contributed by atoms with van der Waals surface area (Å²) in [7, 11) is 0. The van der Waals surface area contributed by atoms with E-state index in [-0.39, 0.29) is 30.7 Å². The molecule has 0 aromatic carbocycles. The number of carbonyl (C=O) groups is 1. The van der Waals surface area contributed by atoms with Gasteiger partial charge in [-0.15, -0.1) is 29.9 Å². The van der Waals surface area contributed by atoms with E-state index in [1.165, 1.54) is 25.7 Å². The zero-order valence-electron chi connectivity index (χ0n) is 15.9. The third-order valence-corrected chi connectivity index (χ3v) is 6.07. The molecule has 9 heteroatoms. The fourth-order valence-electron chi connectivity index (χ4n) is 4.56. The van der Waals surface area contributed by atoms with Gasteiger partial charge in [0.15, 0.2) is 5.69 Å². The number of carbonyl (C=O) groups excluding carboxylic acids is 1. The second kappa shape index (κ2) is 10.6. The number of hydrogen-bond acceptors (Lipinski definition) is 5. The number of piperidine rings is 1. The standard InChI is InChI=1S/C18H30N6O.2ClH/c25-18(17-14-24(21-20-17)16-6-8-19-9-7-16)23-11-3-10-22(12-13-23)15-4-1-2-5-15;;/h14-16,19H,1-13H2;2*1H. The van der Waals surface area contributed by atoms with Crippen LogP contribution in [0, 0.1) is 0 Å². The minimum Gasteiger partial charge on any atom is -0.336 e. The van der Waals surface area contributed by atoms with Crippen molar-refractivity contribution in [3.8, 4) is 0 Å². The Balaban J connectivity index is 0.00000131. The summed E-state index contributed by atoms with van der Waals surface area (Å²) in [6.07, 6.45) is 10.4. The zero-order valence-corrected chi connectivity index (χ0v) is 17.5. The Morgan fingerprint density at radius 3 is 2.41 bits per heavy atom. The van der Waals surface area contributed by atoms with Crippen molar-refractivity contribution in [2.24, 2.45) is 0 Å². The van der Waals surface area contributed by atoms with Gasteiger partial charge in [-0.2, -0.15) is 0 Å². The van der Waals surface area contributed by atoms with Crippen molar-refractivity contribution >= 4 is 30.7 Å². The van der Waals surface area contributed by atoms with Crippen LogP contribution in [0.4, 0.5) is 0 Å². The molecule has 154 valence electrons. The number of halogens is 2. The van der Waals surface area contributed by atoms with Crippen LogP contribution in [0.3, 0.4) is 0 Å². The monoisotopic (exact) mass is 418 g/mol. The Kier molecular flexibility index (Phi) is 8.79. The largest absolute Gasteiger partial charge is 0.336 e. The maximum Gasteiger partial charge on any atom is 0.276 e. The van der Waals surface area contributed by atoms with Crippen LogP contribution in [0.5, 0.6) is 0 Å².